The van der Waals surface area contributed by atoms with Gasteiger partial charge in [0.25, 0.3) is 5.91 Å². The van der Waals surface area contributed by atoms with Crippen LogP contribution in [0.1, 0.15) is 19.4 Å². The summed E-state index contributed by atoms with van der Waals surface area (Å²) >= 11 is 0. The second-order valence-electron chi connectivity index (χ2n) is 6.07. The van der Waals surface area contributed by atoms with Crippen LogP contribution in [0.3, 0.4) is 0 Å². The first kappa shape index (κ1) is 17.7. The first-order valence-corrected chi connectivity index (χ1v) is 8.10. The molecule has 0 unspecified atom stereocenters. The second kappa shape index (κ2) is 7.03. The van der Waals surface area contributed by atoms with Crippen LogP contribution in [0.15, 0.2) is 30.3 Å². The molecule has 2 saturated heterocycles. The summed E-state index contributed by atoms with van der Waals surface area (Å²) in [5, 5.41) is 2.32. The van der Waals surface area contributed by atoms with Crippen LogP contribution in [0, 0.1) is 0 Å². The molecule has 1 aromatic carbocycles. The van der Waals surface area contributed by atoms with Crippen molar-refractivity contribution in [3.05, 3.63) is 35.9 Å². The van der Waals surface area contributed by atoms with Gasteiger partial charge >= 0.3 is 18.2 Å². The van der Waals surface area contributed by atoms with Crippen molar-refractivity contribution in [1.82, 2.24) is 10.2 Å². The minimum absolute atomic E-state index is 0.00120. The lowest BCUT2D eigenvalue weighted by Crippen LogP contribution is -2.54. The maximum Gasteiger partial charge on any atom is 0.417 e. The van der Waals surface area contributed by atoms with Crippen LogP contribution < -0.4 is 5.32 Å². The van der Waals surface area contributed by atoms with Gasteiger partial charge in [0, 0.05) is 0 Å². The van der Waals surface area contributed by atoms with Crippen molar-refractivity contribution in [2.24, 2.45) is 0 Å². The van der Waals surface area contributed by atoms with E-state index in [1.54, 1.807) is 24.3 Å². The van der Waals surface area contributed by atoms with Gasteiger partial charge in [0.15, 0.2) is 6.04 Å². The second-order valence-corrected chi connectivity index (χ2v) is 6.07. The number of esters is 1. The van der Waals surface area contributed by atoms with Gasteiger partial charge in [-0.05, 0) is 19.4 Å². The predicted octanol–water partition coefficient (Wildman–Crippen LogP) is 0.963. The van der Waals surface area contributed by atoms with Crippen LogP contribution in [-0.4, -0.2) is 53.3 Å². The van der Waals surface area contributed by atoms with Gasteiger partial charge in [0.1, 0.15) is 24.9 Å². The highest BCUT2D eigenvalue weighted by Crippen LogP contribution is 2.24. The Balaban J connectivity index is 1.73. The van der Waals surface area contributed by atoms with Crippen LogP contribution in [0.4, 0.5) is 9.59 Å². The fraction of sp³-hybridized carbons (Fsp3) is 0.412. The molecule has 0 bridgehead atoms. The van der Waals surface area contributed by atoms with Crippen molar-refractivity contribution in [2.45, 2.75) is 44.7 Å². The maximum atomic E-state index is 12.7. The van der Waals surface area contributed by atoms with E-state index in [0.29, 0.717) is 4.90 Å². The number of hydrogen-bond acceptors (Lipinski definition) is 7. The zero-order valence-electron chi connectivity index (χ0n) is 14.2. The van der Waals surface area contributed by atoms with E-state index in [-0.39, 0.29) is 6.61 Å². The van der Waals surface area contributed by atoms with Crippen molar-refractivity contribution in [3.63, 3.8) is 0 Å². The fourth-order valence-corrected chi connectivity index (χ4v) is 2.87. The third kappa shape index (κ3) is 3.32. The van der Waals surface area contributed by atoms with Crippen LogP contribution in [0.2, 0.25) is 0 Å². The first-order chi connectivity index (χ1) is 12.4. The Bertz CT molecular complexity index is 736. The molecule has 0 saturated carbocycles. The highest BCUT2D eigenvalue weighted by Gasteiger charge is 2.52. The summed E-state index contributed by atoms with van der Waals surface area (Å²) in [5.74, 6) is -1.54. The fourth-order valence-electron chi connectivity index (χ4n) is 2.87. The Kier molecular flexibility index (Phi) is 4.79. The van der Waals surface area contributed by atoms with Gasteiger partial charge in [-0.1, -0.05) is 30.3 Å². The quantitative estimate of drug-likeness (QED) is 0.627. The normalized spacial score (nSPS) is 27.5. The molecule has 3 amide bonds. The smallest absolute Gasteiger partial charge is 0.417 e. The molecule has 0 spiro atoms. The molecule has 0 radical (unpaired) electrons. The third-order valence-electron chi connectivity index (χ3n) is 4.21. The van der Waals surface area contributed by atoms with Crippen molar-refractivity contribution < 1.29 is 33.4 Å². The monoisotopic (exact) mass is 362 g/mol. The average Bonchev–Trinajstić information content (AvgIpc) is 3.10. The van der Waals surface area contributed by atoms with E-state index in [4.69, 9.17) is 14.2 Å². The molecule has 9 nitrogen and oxygen atoms in total. The first-order valence-electron chi connectivity index (χ1n) is 8.10. The summed E-state index contributed by atoms with van der Waals surface area (Å²) in [6.07, 6.45) is -3.38. The Morgan fingerprint density at radius 1 is 1.12 bits per heavy atom. The van der Waals surface area contributed by atoms with Gasteiger partial charge in [-0.25, -0.2) is 19.3 Å². The number of carbonyl (C=O) groups is 4. The number of rotatable bonds is 4. The lowest BCUT2D eigenvalue weighted by atomic mass is 10.1. The van der Waals surface area contributed by atoms with Gasteiger partial charge in [0.05, 0.1) is 0 Å². The van der Waals surface area contributed by atoms with Gasteiger partial charge in [-0.15, -0.1) is 0 Å². The van der Waals surface area contributed by atoms with Crippen molar-refractivity contribution >= 4 is 24.1 Å². The zero-order chi connectivity index (χ0) is 18.8. The van der Waals surface area contributed by atoms with Gasteiger partial charge in [0.2, 0.25) is 0 Å². The summed E-state index contributed by atoms with van der Waals surface area (Å²) in [6, 6.07) is 6.68. The molecule has 1 aromatic rings. The lowest BCUT2D eigenvalue weighted by Gasteiger charge is -2.23. The highest BCUT2D eigenvalue weighted by atomic mass is 16.6. The third-order valence-corrected chi connectivity index (χ3v) is 4.21. The Morgan fingerprint density at radius 2 is 1.81 bits per heavy atom. The van der Waals surface area contributed by atoms with E-state index in [1.165, 1.54) is 13.8 Å². The molecular weight excluding hydrogens is 344 g/mol. The number of alkyl carbamates (subject to hydrolysis) is 1. The molecule has 2 fully saturated rings. The van der Waals surface area contributed by atoms with Crippen LogP contribution >= 0.6 is 0 Å². The number of imide groups is 1. The van der Waals surface area contributed by atoms with E-state index in [9.17, 15) is 19.2 Å². The predicted molar refractivity (Wildman–Crippen MR) is 85.7 cm³/mol. The van der Waals surface area contributed by atoms with Crippen molar-refractivity contribution in [2.75, 3.05) is 0 Å². The summed E-state index contributed by atoms with van der Waals surface area (Å²) < 4.78 is 15.1. The molecule has 1 N–H and O–H groups in total. The van der Waals surface area contributed by atoms with Gasteiger partial charge in [-0.3, -0.25) is 4.79 Å². The van der Waals surface area contributed by atoms with E-state index < -0.39 is 48.4 Å². The van der Waals surface area contributed by atoms with Crippen molar-refractivity contribution in [1.29, 1.82) is 0 Å². The number of nitrogens with one attached hydrogen (secondary N) is 1. The summed E-state index contributed by atoms with van der Waals surface area (Å²) in [6.45, 7) is 3.00. The number of cyclic esters (lactones) is 2. The average molecular weight is 362 g/mol. The summed E-state index contributed by atoms with van der Waals surface area (Å²) in [4.78, 5) is 49.2. The largest absolute Gasteiger partial charge is 0.459 e. The molecule has 0 aliphatic carbocycles. The van der Waals surface area contributed by atoms with Crippen LogP contribution in [0.25, 0.3) is 0 Å². The lowest BCUT2D eigenvalue weighted by molar-refractivity contribution is -0.154. The molecule has 138 valence electrons. The number of hydrogen-bond donors (Lipinski definition) is 1. The number of benzene rings is 1. The molecule has 4 atom stereocenters. The van der Waals surface area contributed by atoms with E-state index in [2.05, 4.69) is 5.32 Å². The number of amides is 3. The molecule has 3 rings (SSSR count). The number of ether oxygens (including phenoxy) is 3. The molecule has 26 heavy (non-hydrogen) atoms. The highest BCUT2D eigenvalue weighted by molar-refractivity contribution is 6.02. The topological polar surface area (TPSA) is 111 Å². The van der Waals surface area contributed by atoms with E-state index in [0.717, 1.165) is 5.56 Å². The molecular formula is C17H18N2O7. The molecule has 0 aromatic heterocycles. The molecule has 2 aliphatic rings. The van der Waals surface area contributed by atoms with E-state index >= 15 is 0 Å². The Hall–Kier alpha value is -3.10. The molecule has 9 heteroatoms. The summed E-state index contributed by atoms with van der Waals surface area (Å²) in [5.41, 5.74) is 0.765. The minimum Gasteiger partial charge on any atom is -0.459 e. The Labute approximate surface area is 149 Å². The minimum atomic E-state index is -1.23. The Morgan fingerprint density at radius 3 is 2.42 bits per heavy atom. The number of carbonyl (C=O) groups excluding carboxylic acids is 4. The van der Waals surface area contributed by atoms with Gasteiger partial charge in [-0.2, -0.15) is 0 Å². The number of nitrogens with zero attached hydrogens (tertiary/aromatic N) is 1. The van der Waals surface area contributed by atoms with Crippen LogP contribution in [0.5, 0.6) is 0 Å². The van der Waals surface area contributed by atoms with Crippen LogP contribution in [-0.2, 0) is 30.4 Å². The summed E-state index contributed by atoms with van der Waals surface area (Å²) in [7, 11) is 0. The van der Waals surface area contributed by atoms with Crippen molar-refractivity contribution in [3.8, 4) is 0 Å². The van der Waals surface area contributed by atoms with Gasteiger partial charge < -0.3 is 19.5 Å². The molecule has 2 heterocycles. The standard InChI is InChI=1S/C17H18N2O7/c1-9-12(18-16(22)25-9)14(20)19-13(10(2)26-17(19)23)15(21)24-8-11-6-4-3-5-7-11/h3-7,9-10,12-13H,8H2,1-2H3,(H,18,22)/t9-,10-,12+,13+/m1/s1. The SMILES string of the molecule is C[C@H]1OC(=O)N[C@@H]1C(=O)N1C(=O)O[C@H](C)[C@H]1C(=O)OCc1ccccc1. The van der Waals surface area contributed by atoms with E-state index in [1.807, 2.05) is 6.07 Å². The molecule has 2 aliphatic heterocycles. The maximum absolute atomic E-state index is 12.7. The zero-order valence-corrected chi connectivity index (χ0v) is 14.2.